The predicted molar refractivity (Wildman–Crippen MR) is 140 cm³/mol. The fourth-order valence-corrected chi connectivity index (χ4v) is 8.73. The SMILES string of the molecule is O=C(Oc1ccc(Oc2ccc(OC(=O)C3CC4CC3C3C(=O)OC(=O)C43)cc2)cc1)C1CC2CC1C1C(=O)OC(=O)C21. The molecule has 6 aliphatic rings. The van der Waals surface area contributed by atoms with E-state index in [9.17, 15) is 28.8 Å². The molecule has 11 nitrogen and oxygen atoms in total. The van der Waals surface area contributed by atoms with Gasteiger partial charge in [0.25, 0.3) is 0 Å². The molecule has 8 rings (SSSR count). The first kappa shape index (κ1) is 26.1. The Bertz CT molecular complexity index is 1460. The van der Waals surface area contributed by atoms with Crippen LogP contribution in [0.4, 0.5) is 0 Å². The molecule has 2 aromatic carbocycles. The normalized spacial score (nSPS) is 36.3. The van der Waals surface area contributed by atoms with Crippen molar-refractivity contribution in [3.8, 4) is 23.0 Å². The van der Waals surface area contributed by atoms with Gasteiger partial charge in [-0.2, -0.15) is 0 Å². The number of fused-ring (bicyclic) bond motifs is 10. The van der Waals surface area contributed by atoms with E-state index >= 15 is 0 Å². The maximum Gasteiger partial charge on any atom is 0.317 e. The number of hydrogen-bond acceptors (Lipinski definition) is 11. The van der Waals surface area contributed by atoms with Gasteiger partial charge in [-0.15, -0.1) is 0 Å². The highest BCUT2D eigenvalue weighted by atomic mass is 16.6. The molecule has 0 radical (unpaired) electrons. The fourth-order valence-electron chi connectivity index (χ4n) is 8.73. The number of rotatable bonds is 6. The molecular weight excluding hydrogens is 560 g/mol. The van der Waals surface area contributed by atoms with E-state index in [2.05, 4.69) is 0 Å². The number of carbonyl (C=O) groups excluding carboxylic acids is 6. The van der Waals surface area contributed by atoms with E-state index in [1.807, 2.05) is 0 Å². The molecule has 0 N–H and O–H groups in total. The molecule has 2 heterocycles. The van der Waals surface area contributed by atoms with Gasteiger partial charge < -0.3 is 23.7 Å². The van der Waals surface area contributed by atoms with E-state index in [1.54, 1.807) is 48.5 Å². The summed E-state index contributed by atoms with van der Waals surface area (Å²) in [5.74, 6) is -4.48. The molecule has 4 aliphatic carbocycles. The van der Waals surface area contributed by atoms with Crippen molar-refractivity contribution in [1.82, 2.24) is 0 Å². The number of benzene rings is 2. The Labute approximate surface area is 244 Å². The smallest absolute Gasteiger partial charge is 0.317 e. The number of ether oxygens (including phenoxy) is 5. The summed E-state index contributed by atoms with van der Waals surface area (Å²) >= 11 is 0. The van der Waals surface area contributed by atoms with Crippen molar-refractivity contribution in [1.29, 1.82) is 0 Å². The second kappa shape index (κ2) is 9.48. The molecule has 4 saturated carbocycles. The molecule has 11 heteroatoms. The van der Waals surface area contributed by atoms with Crippen molar-refractivity contribution < 1.29 is 52.5 Å². The van der Waals surface area contributed by atoms with Crippen LogP contribution >= 0.6 is 0 Å². The summed E-state index contributed by atoms with van der Waals surface area (Å²) in [5.41, 5.74) is 0. The van der Waals surface area contributed by atoms with Crippen LogP contribution in [0.2, 0.25) is 0 Å². The maximum atomic E-state index is 12.9. The number of cyclic esters (lactones) is 4. The van der Waals surface area contributed by atoms with Crippen LogP contribution in [0.1, 0.15) is 25.7 Å². The largest absolute Gasteiger partial charge is 0.457 e. The minimum Gasteiger partial charge on any atom is -0.457 e. The van der Waals surface area contributed by atoms with Crippen LogP contribution in [0.3, 0.4) is 0 Å². The molecule has 10 atom stereocenters. The Morgan fingerprint density at radius 3 is 1.26 bits per heavy atom. The third-order valence-corrected chi connectivity index (χ3v) is 10.4. The average molecular weight is 587 g/mol. The molecule has 0 aromatic heterocycles. The first-order valence-corrected chi connectivity index (χ1v) is 14.6. The lowest BCUT2D eigenvalue weighted by Gasteiger charge is -2.25. The third-order valence-electron chi connectivity index (χ3n) is 10.4. The van der Waals surface area contributed by atoms with E-state index < -0.39 is 71.3 Å². The van der Waals surface area contributed by atoms with Gasteiger partial charge in [-0.3, -0.25) is 28.8 Å². The Balaban J connectivity index is 0.849. The van der Waals surface area contributed by atoms with Gasteiger partial charge in [0.05, 0.1) is 35.5 Å². The number of esters is 6. The molecule has 2 aliphatic heterocycles. The lowest BCUT2D eigenvalue weighted by molar-refractivity contribution is -0.156. The van der Waals surface area contributed by atoms with Gasteiger partial charge in [0.1, 0.15) is 23.0 Å². The Morgan fingerprint density at radius 1 is 0.512 bits per heavy atom. The molecule has 2 saturated heterocycles. The second-order valence-electron chi connectivity index (χ2n) is 12.5. The fraction of sp³-hybridized carbons (Fsp3) is 0.438. The molecule has 0 amide bonds. The highest BCUT2D eigenvalue weighted by molar-refractivity contribution is 5.99. The van der Waals surface area contributed by atoms with Crippen molar-refractivity contribution in [3.05, 3.63) is 48.5 Å². The van der Waals surface area contributed by atoms with Crippen LogP contribution in [0.15, 0.2) is 48.5 Å². The Hall–Kier alpha value is -4.54. The van der Waals surface area contributed by atoms with Crippen LogP contribution in [0, 0.1) is 59.2 Å². The zero-order valence-electron chi connectivity index (χ0n) is 22.7. The van der Waals surface area contributed by atoms with Gasteiger partial charge >= 0.3 is 35.8 Å². The van der Waals surface area contributed by atoms with E-state index in [-0.39, 0.29) is 23.7 Å². The highest BCUT2D eigenvalue weighted by Gasteiger charge is 2.65. The van der Waals surface area contributed by atoms with Crippen molar-refractivity contribution >= 4 is 35.8 Å². The van der Waals surface area contributed by atoms with Crippen molar-refractivity contribution in [2.75, 3.05) is 0 Å². The summed E-state index contributed by atoms with van der Waals surface area (Å²) in [7, 11) is 0. The quantitative estimate of drug-likeness (QED) is 0.279. The van der Waals surface area contributed by atoms with E-state index in [0.29, 0.717) is 48.7 Å². The van der Waals surface area contributed by atoms with Gasteiger partial charge in [0.2, 0.25) is 0 Å². The van der Waals surface area contributed by atoms with E-state index in [1.165, 1.54) is 0 Å². The first-order valence-electron chi connectivity index (χ1n) is 14.6. The van der Waals surface area contributed by atoms with E-state index in [4.69, 9.17) is 23.7 Å². The molecule has 0 spiro atoms. The molecule has 220 valence electrons. The summed E-state index contributed by atoms with van der Waals surface area (Å²) in [6, 6.07) is 13.1. The lowest BCUT2D eigenvalue weighted by atomic mass is 9.75. The van der Waals surface area contributed by atoms with Crippen LogP contribution in [-0.2, 0) is 38.2 Å². The van der Waals surface area contributed by atoms with Gasteiger partial charge in [-0.05, 0) is 97.9 Å². The average Bonchev–Trinajstić information content (AvgIpc) is 3.82. The van der Waals surface area contributed by atoms with Gasteiger partial charge in [0.15, 0.2) is 0 Å². The van der Waals surface area contributed by atoms with Crippen molar-refractivity contribution in [2.45, 2.75) is 25.7 Å². The summed E-state index contributed by atoms with van der Waals surface area (Å²) in [6.45, 7) is 0. The van der Waals surface area contributed by atoms with Crippen LogP contribution < -0.4 is 14.2 Å². The molecule has 2 aromatic rings. The molecule has 6 fully saturated rings. The summed E-state index contributed by atoms with van der Waals surface area (Å²) < 4.78 is 26.7. The summed E-state index contributed by atoms with van der Waals surface area (Å²) in [4.78, 5) is 73.9. The monoisotopic (exact) mass is 586 g/mol. The lowest BCUT2D eigenvalue weighted by Crippen LogP contribution is -2.35. The van der Waals surface area contributed by atoms with Crippen LogP contribution in [0.5, 0.6) is 23.0 Å². The zero-order valence-corrected chi connectivity index (χ0v) is 22.7. The summed E-state index contributed by atoms with van der Waals surface area (Å²) in [5, 5.41) is 0. The van der Waals surface area contributed by atoms with Crippen LogP contribution in [0.25, 0.3) is 0 Å². The molecule has 43 heavy (non-hydrogen) atoms. The van der Waals surface area contributed by atoms with E-state index in [0.717, 1.165) is 0 Å². The first-order chi connectivity index (χ1) is 20.7. The second-order valence-corrected chi connectivity index (χ2v) is 12.5. The van der Waals surface area contributed by atoms with Crippen molar-refractivity contribution in [2.24, 2.45) is 59.2 Å². The molecule has 10 unspecified atom stereocenters. The molecular formula is C32H26O11. The third kappa shape index (κ3) is 4.08. The van der Waals surface area contributed by atoms with Crippen LogP contribution in [-0.4, -0.2) is 35.8 Å². The Morgan fingerprint density at radius 2 is 0.860 bits per heavy atom. The number of carbonyl (C=O) groups is 6. The van der Waals surface area contributed by atoms with Crippen molar-refractivity contribution in [3.63, 3.8) is 0 Å². The van der Waals surface area contributed by atoms with Gasteiger partial charge in [-0.25, -0.2) is 0 Å². The zero-order chi connectivity index (χ0) is 29.6. The Kier molecular flexibility index (Phi) is 5.76. The van der Waals surface area contributed by atoms with Gasteiger partial charge in [0, 0.05) is 0 Å². The topological polar surface area (TPSA) is 149 Å². The minimum atomic E-state index is -0.542. The van der Waals surface area contributed by atoms with Gasteiger partial charge in [-0.1, -0.05) is 0 Å². The highest BCUT2D eigenvalue weighted by Crippen LogP contribution is 2.59. The standard InChI is InChI=1S/C32H26O11/c33-27(21-11-13-9-19(21)25-23(13)29(35)42-31(25)37)40-17-5-1-15(2-6-17)39-16-3-7-18(8-4-16)41-28(34)22-12-14-10-20(22)26-24(14)30(36)43-32(26)38/h1-8,13-14,19-26H,9-12H2. The summed E-state index contributed by atoms with van der Waals surface area (Å²) in [6.07, 6.45) is 2.33. The number of hydrogen-bond donors (Lipinski definition) is 0. The maximum absolute atomic E-state index is 12.9. The predicted octanol–water partition coefficient (Wildman–Crippen LogP) is 3.23. The minimum absolute atomic E-state index is 0.0256. The molecule has 4 bridgehead atoms.